The second-order valence-electron chi connectivity index (χ2n) is 9.15. The van der Waals surface area contributed by atoms with Crippen LogP contribution in [0.25, 0.3) is 10.9 Å². The van der Waals surface area contributed by atoms with E-state index < -0.39 is 0 Å². The predicted molar refractivity (Wildman–Crippen MR) is 125 cm³/mol. The number of aryl methyl sites for hydroxylation is 1. The molecule has 2 unspecified atom stereocenters. The number of likely N-dealkylation sites (tertiary alicyclic amines) is 1. The molecular weight excluding hydrogens is 404 g/mol. The Hall–Kier alpha value is -2.90. The molecule has 1 fully saturated rings. The van der Waals surface area contributed by atoms with E-state index in [9.17, 15) is 9.59 Å². The van der Waals surface area contributed by atoms with E-state index in [0.717, 1.165) is 31.7 Å². The zero-order valence-electron chi connectivity index (χ0n) is 18.7. The molecule has 1 amide bonds. The van der Waals surface area contributed by atoms with E-state index in [-0.39, 0.29) is 17.9 Å². The van der Waals surface area contributed by atoms with E-state index in [1.54, 1.807) is 13.2 Å². The number of ether oxygens (including phenoxy) is 1. The van der Waals surface area contributed by atoms with Crippen LogP contribution in [-0.4, -0.2) is 46.7 Å². The van der Waals surface area contributed by atoms with Crippen LogP contribution in [0.15, 0.2) is 47.4 Å². The van der Waals surface area contributed by atoms with Gasteiger partial charge >= 0.3 is 0 Å². The second kappa shape index (κ2) is 8.56. The third-order valence-corrected chi connectivity index (χ3v) is 6.86. The van der Waals surface area contributed by atoms with E-state index in [1.807, 2.05) is 10.6 Å². The minimum atomic E-state index is -0.193. The van der Waals surface area contributed by atoms with E-state index in [1.165, 1.54) is 16.5 Å². The number of anilines is 1. The molecule has 1 saturated heterocycles. The minimum Gasteiger partial charge on any atom is -0.384 e. The number of nitrogens with one attached hydrogen (secondary N) is 1. The summed E-state index contributed by atoms with van der Waals surface area (Å²) < 4.78 is 9.04. The Morgan fingerprint density at radius 1 is 1.16 bits per heavy atom. The fourth-order valence-corrected chi connectivity index (χ4v) is 5.47. The monoisotopic (exact) mass is 434 g/mol. The standard InChI is InChI=1S/C25H30N4O3/c1-27-14-19(20-5-3-4-6-23(20)27)16-28-12-17-11-18(15-28)22-8-7-21(25(31)29(22)13-17)26-24(30)9-10-32-2/h3-8,14,17-18H,9-13,15-16H2,1-2H3,(H,26,30). The summed E-state index contributed by atoms with van der Waals surface area (Å²) in [6.45, 7) is 3.90. The lowest BCUT2D eigenvalue weighted by Gasteiger charge is -2.43. The average Bonchev–Trinajstić information content (AvgIpc) is 3.10. The quantitative estimate of drug-likeness (QED) is 0.648. The number of carbonyl (C=O) groups excluding carboxylic acids is 1. The highest BCUT2D eigenvalue weighted by Crippen LogP contribution is 2.36. The van der Waals surface area contributed by atoms with Crippen LogP contribution in [0, 0.1) is 5.92 Å². The van der Waals surface area contributed by atoms with Gasteiger partial charge in [0.1, 0.15) is 5.69 Å². The first-order valence-corrected chi connectivity index (χ1v) is 11.3. The van der Waals surface area contributed by atoms with Crippen molar-refractivity contribution in [3.8, 4) is 0 Å². The zero-order chi connectivity index (χ0) is 22.2. The van der Waals surface area contributed by atoms with Gasteiger partial charge < -0.3 is 19.2 Å². The molecule has 32 heavy (non-hydrogen) atoms. The van der Waals surface area contributed by atoms with Crippen LogP contribution in [0.5, 0.6) is 0 Å². The number of benzene rings is 1. The average molecular weight is 435 g/mol. The van der Waals surface area contributed by atoms with Crippen molar-refractivity contribution in [3.05, 3.63) is 64.2 Å². The van der Waals surface area contributed by atoms with Crippen LogP contribution >= 0.6 is 0 Å². The maximum atomic E-state index is 13.1. The van der Waals surface area contributed by atoms with Gasteiger partial charge in [0.15, 0.2) is 0 Å². The zero-order valence-corrected chi connectivity index (χ0v) is 18.7. The van der Waals surface area contributed by atoms with Gasteiger partial charge in [0.05, 0.1) is 13.0 Å². The summed E-state index contributed by atoms with van der Waals surface area (Å²) in [6, 6.07) is 12.3. The third-order valence-electron chi connectivity index (χ3n) is 6.86. The van der Waals surface area contributed by atoms with Gasteiger partial charge in [-0.3, -0.25) is 14.5 Å². The number of para-hydroxylation sites is 1. The molecule has 0 spiro atoms. The summed E-state index contributed by atoms with van der Waals surface area (Å²) in [5.74, 6) is 0.582. The van der Waals surface area contributed by atoms with Crippen LogP contribution in [0.1, 0.15) is 30.0 Å². The van der Waals surface area contributed by atoms with Crippen molar-refractivity contribution in [2.24, 2.45) is 13.0 Å². The van der Waals surface area contributed by atoms with Crippen molar-refractivity contribution in [2.75, 3.05) is 32.1 Å². The van der Waals surface area contributed by atoms with Crippen LogP contribution in [0.4, 0.5) is 5.69 Å². The molecule has 0 saturated carbocycles. The molecule has 3 aromatic rings. The van der Waals surface area contributed by atoms with Gasteiger partial charge in [-0.2, -0.15) is 0 Å². The highest BCUT2D eigenvalue weighted by atomic mass is 16.5. The molecule has 1 aromatic carbocycles. The number of pyridine rings is 1. The molecule has 4 heterocycles. The number of aromatic nitrogens is 2. The summed E-state index contributed by atoms with van der Waals surface area (Å²) in [5.41, 5.74) is 3.97. The van der Waals surface area contributed by atoms with Crippen molar-refractivity contribution in [3.63, 3.8) is 0 Å². The normalized spacial score (nSPS) is 20.3. The lowest BCUT2D eigenvalue weighted by molar-refractivity contribution is -0.117. The molecule has 5 rings (SSSR count). The van der Waals surface area contributed by atoms with Crippen LogP contribution in [0.2, 0.25) is 0 Å². The van der Waals surface area contributed by atoms with Crippen LogP contribution in [-0.2, 0) is 29.7 Å². The SMILES string of the molecule is COCCC(=O)Nc1ccc2n(c1=O)CC1CC2CN(Cc2cn(C)c3ccccc23)C1. The Labute approximate surface area is 187 Å². The van der Waals surface area contributed by atoms with Gasteiger partial charge in [-0.1, -0.05) is 18.2 Å². The third kappa shape index (κ3) is 3.87. The van der Waals surface area contributed by atoms with Gasteiger partial charge in [-0.05, 0) is 36.1 Å². The van der Waals surface area contributed by atoms with Crippen molar-refractivity contribution in [1.29, 1.82) is 0 Å². The number of rotatable bonds is 6. The van der Waals surface area contributed by atoms with Gasteiger partial charge in [0.2, 0.25) is 5.91 Å². The topological polar surface area (TPSA) is 68.5 Å². The number of hydrogen-bond acceptors (Lipinski definition) is 4. The molecule has 7 nitrogen and oxygen atoms in total. The maximum Gasteiger partial charge on any atom is 0.274 e. The van der Waals surface area contributed by atoms with Crippen LogP contribution < -0.4 is 10.9 Å². The van der Waals surface area contributed by atoms with Crippen LogP contribution in [0.3, 0.4) is 0 Å². The van der Waals surface area contributed by atoms with Crippen molar-refractivity contribution >= 4 is 22.5 Å². The smallest absolute Gasteiger partial charge is 0.274 e. The van der Waals surface area contributed by atoms with Gasteiger partial charge in [0, 0.05) is 69.0 Å². The number of hydrogen-bond donors (Lipinski definition) is 1. The minimum absolute atomic E-state index is 0.0922. The predicted octanol–water partition coefficient (Wildman–Crippen LogP) is 2.93. The largest absolute Gasteiger partial charge is 0.384 e. The summed E-state index contributed by atoms with van der Waals surface area (Å²) in [4.78, 5) is 27.7. The Morgan fingerprint density at radius 3 is 2.84 bits per heavy atom. The molecule has 7 heteroatoms. The Morgan fingerprint density at radius 2 is 2.00 bits per heavy atom. The number of carbonyl (C=O) groups is 1. The lowest BCUT2D eigenvalue weighted by Crippen LogP contribution is -2.47. The lowest BCUT2D eigenvalue weighted by atomic mass is 9.83. The molecule has 2 atom stereocenters. The van der Waals surface area contributed by atoms with Crippen molar-refractivity contribution in [1.82, 2.24) is 14.0 Å². The van der Waals surface area contributed by atoms with Gasteiger partial charge in [-0.25, -0.2) is 0 Å². The number of nitrogens with zero attached hydrogens (tertiary/aromatic N) is 3. The van der Waals surface area contributed by atoms with Gasteiger partial charge in [-0.15, -0.1) is 0 Å². The molecule has 2 aliphatic heterocycles. The highest BCUT2D eigenvalue weighted by Gasteiger charge is 2.35. The molecule has 0 radical (unpaired) electrons. The number of fused-ring (bicyclic) bond motifs is 5. The summed E-state index contributed by atoms with van der Waals surface area (Å²) in [5, 5.41) is 4.07. The number of methoxy groups -OCH3 is 1. The first-order chi connectivity index (χ1) is 15.5. The fourth-order valence-electron chi connectivity index (χ4n) is 5.47. The molecule has 0 aliphatic carbocycles. The van der Waals surface area contributed by atoms with E-state index >= 15 is 0 Å². The first kappa shape index (κ1) is 21.0. The van der Waals surface area contributed by atoms with Crippen molar-refractivity contribution < 1.29 is 9.53 Å². The van der Waals surface area contributed by atoms with E-state index in [4.69, 9.17) is 4.74 Å². The highest BCUT2D eigenvalue weighted by molar-refractivity contribution is 5.90. The number of amides is 1. The van der Waals surface area contributed by atoms with E-state index in [0.29, 0.717) is 30.7 Å². The summed E-state index contributed by atoms with van der Waals surface area (Å²) >= 11 is 0. The van der Waals surface area contributed by atoms with Gasteiger partial charge in [0.25, 0.3) is 5.56 Å². The maximum absolute atomic E-state index is 13.1. The first-order valence-electron chi connectivity index (χ1n) is 11.3. The van der Waals surface area contributed by atoms with E-state index in [2.05, 4.69) is 52.3 Å². The molecule has 2 aliphatic rings. The Balaban J connectivity index is 1.35. The van der Waals surface area contributed by atoms with Crippen molar-refractivity contribution in [2.45, 2.75) is 31.8 Å². The summed E-state index contributed by atoms with van der Waals surface area (Å²) in [6.07, 6.45) is 3.60. The molecule has 168 valence electrons. The Kier molecular flexibility index (Phi) is 5.61. The molecular formula is C25H30N4O3. The molecule has 2 aromatic heterocycles. The summed E-state index contributed by atoms with van der Waals surface area (Å²) in [7, 11) is 3.66. The second-order valence-corrected chi connectivity index (χ2v) is 9.15. The number of piperidine rings is 1. The Bertz CT molecular complexity index is 1210. The molecule has 2 bridgehead atoms. The molecule has 1 N–H and O–H groups in total. The fraction of sp³-hybridized carbons (Fsp3) is 0.440.